The molecule has 0 spiro atoms. The Balaban J connectivity index is 2.28. The summed E-state index contributed by atoms with van der Waals surface area (Å²) >= 11 is 0. The molecule has 0 fully saturated rings. The van der Waals surface area contributed by atoms with E-state index in [4.69, 9.17) is 0 Å². The fraction of sp³-hybridized carbons (Fsp3) is 0.250. The second-order valence-corrected chi connectivity index (χ2v) is 5.08. The standard InChI is InChI=1S/C16H17NO3/c1-11(2)12-6-8-13(9-7-12)16(18)14-4-3-5-15(10-14)17(19)20/h3-11,16,18H,1-2H3/t16-/m1/s1. The zero-order chi connectivity index (χ0) is 14.7. The molecule has 0 unspecified atom stereocenters. The molecule has 0 radical (unpaired) electrons. The molecule has 1 atom stereocenters. The first-order valence-electron chi connectivity index (χ1n) is 6.51. The number of nitrogens with zero attached hydrogens (tertiary/aromatic N) is 1. The molecule has 0 aliphatic heterocycles. The average molecular weight is 271 g/mol. The van der Waals surface area contributed by atoms with Crippen LogP contribution in [-0.4, -0.2) is 10.0 Å². The summed E-state index contributed by atoms with van der Waals surface area (Å²) in [7, 11) is 0. The Hall–Kier alpha value is -2.20. The molecule has 0 bridgehead atoms. The monoisotopic (exact) mass is 271 g/mol. The first kappa shape index (κ1) is 14.2. The fourth-order valence-corrected chi connectivity index (χ4v) is 2.06. The average Bonchev–Trinajstić information content (AvgIpc) is 2.46. The zero-order valence-electron chi connectivity index (χ0n) is 11.5. The van der Waals surface area contributed by atoms with Crippen LogP contribution in [0.1, 0.15) is 42.6 Å². The summed E-state index contributed by atoms with van der Waals surface area (Å²) in [5.41, 5.74) is 2.44. The van der Waals surface area contributed by atoms with Gasteiger partial charge in [0.15, 0.2) is 0 Å². The van der Waals surface area contributed by atoms with E-state index in [1.165, 1.54) is 17.7 Å². The van der Waals surface area contributed by atoms with Crippen LogP contribution in [0, 0.1) is 10.1 Å². The van der Waals surface area contributed by atoms with Crippen LogP contribution in [0.25, 0.3) is 0 Å². The number of rotatable bonds is 4. The van der Waals surface area contributed by atoms with Crippen LogP contribution < -0.4 is 0 Å². The number of non-ortho nitro benzene ring substituents is 1. The Labute approximate surface area is 117 Å². The quantitative estimate of drug-likeness (QED) is 0.679. The van der Waals surface area contributed by atoms with Crippen molar-refractivity contribution in [3.8, 4) is 0 Å². The van der Waals surface area contributed by atoms with Crippen molar-refractivity contribution in [1.82, 2.24) is 0 Å². The van der Waals surface area contributed by atoms with Crippen molar-refractivity contribution in [2.45, 2.75) is 25.9 Å². The first-order valence-corrected chi connectivity index (χ1v) is 6.51. The van der Waals surface area contributed by atoms with Crippen LogP contribution >= 0.6 is 0 Å². The van der Waals surface area contributed by atoms with Crippen LogP contribution in [0.15, 0.2) is 48.5 Å². The molecule has 2 rings (SSSR count). The lowest BCUT2D eigenvalue weighted by molar-refractivity contribution is -0.385. The Morgan fingerprint density at radius 1 is 1.00 bits per heavy atom. The summed E-state index contributed by atoms with van der Waals surface area (Å²) in [6, 6.07) is 13.8. The SMILES string of the molecule is CC(C)c1ccc([C@@H](O)c2cccc([N+](=O)[O-])c2)cc1. The summed E-state index contributed by atoms with van der Waals surface area (Å²) in [5, 5.41) is 21.1. The van der Waals surface area contributed by atoms with E-state index in [0.29, 0.717) is 11.5 Å². The van der Waals surface area contributed by atoms with Gasteiger partial charge in [0.25, 0.3) is 5.69 Å². The zero-order valence-corrected chi connectivity index (χ0v) is 11.5. The Bertz CT molecular complexity index is 605. The Morgan fingerprint density at radius 3 is 2.15 bits per heavy atom. The molecule has 0 saturated carbocycles. The molecular weight excluding hydrogens is 254 g/mol. The van der Waals surface area contributed by atoms with E-state index in [1.54, 1.807) is 12.1 Å². The highest BCUT2D eigenvalue weighted by Gasteiger charge is 2.14. The number of hydrogen-bond acceptors (Lipinski definition) is 3. The number of aliphatic hydroxyl groups is 1. The van der Waals surface area contributed by atoms with E-state index in [9.17, 15) is 15.2 Å². The highest BCUT2D eigenvalue weighted by molar-refractivity contribution is 5.39. The van der Waals surface area contributed by atoms with Gasteiger partial charge in [0, 0.05) is 12.1 Å². The molecule has 0 heterocycles. The van der Waals surface area contributed by atoms with Gasteiger partial charge in [-0.2, -0.15) is 0 Å². The lowest BCUT2D eigenvalue weighted by atomic mass is 9.97. The lowest BCUT2D eigenvalue weighted by Gasteiger charge is -2.13. The topological polar surface area (TPSA) is 63.4 Å². The predicted octanol–water partition coefficient (Wildman–Crippen LogP) is 3.80. The number of aliphatic hydroxyl groups excluding tert-OH is 1. The predicted molar refractivity (Wildman–Crippen MR) is 77.7 cm³/mol. The largest absolute Gasteiger partial charge is 0.384 e. The highest BCUT2D eigenvalue weighted by atomic mass is 16.6. The van der Waals surface area contributed by atoms with Crippen molar-refractivity contribution in [3.63, 3.8) is 0 Å². The molecular formula is C16H17NO3. The van der Waals surface area contributed by atoms with Gasteiger partial charge in [-0.1, -0.05) is 50.2 Å². The van der Waals surface area contributed by atoms with E-state index in [-0.39, 0.29) is 5.69 Å². The van der Waals surface area contributed by atoms with E-state index in [2.05, 4.69) is 13.8 Å². The third kappa shape index (κ3) is 3.03. The van der Waals surface area contributed by atoms with E-state index < -0.39 is 11.0 Å². The molecule has 20 heavy (non-hydrogen) atoms. The van der Waals surface area contributed by atoms with Gasteiger partial charge in [0.2, 0.25) is 0 Å². The van der Waals surface area contributed by atoms with Crippen LogP contribution in [-0.2, 0) is 0 Å². The van der Waals surface area contributed by atoms with Crippen molar-refractivity contribution in [2.75, 3.05) is 0 Å². The Kier molecular flexibility index (Phi) is 4.15. The van der Waals surface area contributed by atoms with Crippen molar-refractivity contribution < 1.29 is 10.0 Å². The van der Waals surface area contributed by atoms with Crippen LogP contribution in [0.5, 0.6) is 0 Å². The van der Waals surface area contributed by atoms with Gasteiger partial charge in [0.1, 0.15) is 6.10 Å². The maximum Gasteiger partial charge on any atom is 0.269 e. The van der Waals surface area contributed by atoms with Crippen LogP contribution in [0.3, 0.4) is 0 Å². The second-order valence-electron chi connectivity index (χ2n) is 5.08. The number of nitro groups is 1. The molecule has 0 aromatic heterocycles. The van der Waals surface area contributed by atoms with E-state index in [1.807, 2.05) is 24.3 Å². The van der Waals surface area contributed by atoms with Crippen molar-refractivity contribution >= 4 is 5.69 Å². The summed E-state index contributed by atoms with van der Waals surface area (Å²) in [4.78, 5) is 10.3. The molecule has 4 nitrogen and oxygen atoms in total. The maximum absolute atomic E-state index is 10.8. The number of nitro benzene ring substituents is 1. The lowest BCUT2D eigenvalue weighted by Crippen LogP contribution is -2.01. The molecule has 104 valence electrons. The minimum absolute atomic E-state index is 0.0136. The van der Waals surface area contributed by atoms with E-state index >= 15 is 0 Å². The molecule has 4 heteroatoms. The van der Waals surface area contributed by atoms with Gasteiger partial charge in [-0.05, 0) is 22.6 Å². The smallest absolute Gasteiger partial charge is 0.269 e. The Morgan fingerprint density at radius 2 is 1.60 bits per heavy atom. The van der Waals surface area contributed by atoms with Crippen molar-refractivity contribution in [3.05, 3.63) is 75.3 Å². The van der Waals surface area contributed by atoms with Gasteiger partial charge >= 0.3 is 0 Å². The normalized spacial score (nSPS) is 12.4. The fourth-order valence-electron chi connectivity index (χ4n) is 2.06. The van der Waals surface area contributed by atoms with Gasteiger partial charge in [-0.15, -0.1) is 0 Å². The third-order valence-corrected chi connectivity index (χ3v) is 3.32. The summed E-state index contributed by atoms with van der Waals surface area (Å²) in [6.07, 6.45) is -0.851. The van der Waals surface area contributed by atoms with Crippen LogP contribution in [0.2, 0.25) is 0 Å². The summed E-state index contributed by atoms with van der Waals surface area (Å²) in [5.74, 6) is 0.430. The molecule has 0 amide bonds. The van der Waals surface area contributed by atoms with E-state index in [0.717, 1.165) is 5.56 Å². The van der Waals surface area contributed by atoms with Gasteiger partial charge < -0.3 is 5.11 Å². The minimum Gasteiger partial charge on any atom is -0.384 e. The van der Waals surface area contributed by atoms with Crippen LogP contribution in [0.4, 0.5) is 5.69 Å². The summed E-state index contributed by atoms with van der Waals surface area (Å²) in [6.45, 7) is 4.21. The van der Waals surface area contributed by atoms with Gasteiger partial charge in [-0.25, -0.2) is 0 Å². The second kappa shape index (κ2) is 5.84. The molecule has 1 N–H and O–H groups in total. The molecule has 2 aromatic rings. The van der Waals surface area contributed by atoms with Crippen molar-refractivity contribution in [1.29, 1.82) is 0 Å². The molecule has 0 saturated heterocycles. The minimum atomic E-state index is -0.851. The first-order chi connectivity index (χ1) is 9.49. The van der Waals surface area contributed by atoms with Gasteiger partial charge in [-0.3, -0.25) is 10.1 Å². The number of hydrogen-bond donors (Lipinski definition) is 1. The summed E-state index contributed by atoms with van der Waals surface area (Å²) < 4.78 is 0. The van der Waals surface area contributed by atoms with Gasteiger partial charge in [0.05, 0.1) is 4.92 Å². The molecule has 2 aromatic carbocycles. The van der Waals surface area contributed by atoms with Crippen molar-refractivity contribution in [2.24, 2.45) is 0 Å². The number of benzene rings is 2. The third-order valence-electron chi connectivity index (χ3n) is 3.32. The molecule has 0 aliphatic rings. The maximum atomic E-state index is 10.8. The molecule has 0 aliphatic carbocycles. The highest BCUT2D eigenvalue weighted by Crippen LogP contribution is 2.26.